The average molecular weight is 623 g/mol. The minimum absolute atomic E-state index is 0.200. The number of aromatic nitrogens is 3. The topological polar surface area (TPSA) is 74.7 Å². The predicted molar refractivity (Wildman–Crippen MR) is 182 cm³/mol. The van der Waals surface area contributed by atoms with Crippen LogP contribution < -0.4 is 9.64 Å². The molecule has 0 aliphatic carbocycles. The van der Waals surface area contributed by atoms with Gasteiger partial charge in [0.2, 0.25) is 5.91 Å². The van der Waals surface area contributed by atoms with Crippen molar-refractivity contribution >= 4 is 34.4 Å². The molecule has 2 aromatic heterocycles. The van der Waals surface area contributed by atoms with Gasteiger partial charge in [0, 0.05) is 80.1 Å². The molecule has 1 unspecified atom stereocenters. The second-order valence-electron chi connectivity index (χ2n) is 13.1. The minimum Gasteiger partial charge on any atom is -0.457 e. The van der Waals surface area contributed by atoms with Gasteiger partial charge < -0.3 is 14.5 Å². The molecule has 0 radical (unpaired) electrons. The van der Waals surface area contributed by atoms with E-state index in [0.29, 0.717) is 24.8 Å². The van der Waals surface area contributed by atoms with Crippen molar-refractivity contribution in [2.24, 2.45) is 5.92 Å². The fourth-order valence-corrected chi connectivity index (χ4v) is 7.92. The number of ether oxygens (including phenoxy) is 1. The van der Waals surface area contributed by atoms with Crippen LogP contribution in [-0.4, -0.2) is 81.2 Å². The standard InChI is InChI=1S/C36H42N6O2S/c1-24(2)31-9-10-32(39-38-31)26-4-7-30(8-5-26)44-34-20-33-27(19-28(34)22-42-21-25(3)18-36(42)43)6-11-35(37-33)41-15-13-40(14-16-41)29-12-17-45-23-29/h4-11,19-20,24-25,29H,12-18,21-23H2,1-3H3/t25-,29?/m0/s1. The average Bonchev–Trinajstić information content (AvgIpc) is 3.71. The van der Waals surface area contributed by atoms with Crippen LogP contribution in [0.3, 0.4) is 0 Å². The van der Waals surface area contributed by atoms with E-state index in [0.717, 1.165) is 89.5 Å². The van der Waals surface area contributed by atoms with Crippen molar-refractivity contribution in [3.05, 3.63) is 71.9 Å². The summed E-state index contributed by atoms with van der Waals surface area (Å²) in [4.78, 5) is 24.9. The van der Waals surface area contributed by atoms with Crippen molar-refractivity contribution in [2.45, 2.75) is 52.1 Å². The Morgan fingerprint density at radius 1 is 0.978 bits per heavy atom. The van der Waals surface area contributed by atoms with Crippen molar-refractivity contribution in [3.8, 4) is 22.8 Å². The number of nitrogens with zero attached hydrogens (tertiary/aromatic N) is 6. The molecule has 4 aromatic rings. The van der Waals surface area contributed by atoms with E-state index >= 15 is 0 Å². The van der Waals surface area contributed by atoms with Crippen molar-refractivity contribution < 1.29 is 9.53 Å². The fourth-order valence-electron chi connectivity index (χ4n) is 6.66. The van der Waals surface area contributed by atoms with Gasteiger partial charge in [0.15, 0.2) is 0 Å². The SMILES string of the molecule is CC(C)c1ccc(-c2ccc(Oc3cc4nc(N5CCN(C6CCSC6)CC5)ccc4cc3CN3C[C@@H](C)CC3=O)cc2)nn1. The van der Waals surface area contributed by atoms with Crippen LogP contribution in [0.4, 0.5) is 5.82 Å². The van der Waals surface area contributed by atoms with Crippen molar-refractivity contribution in [1.82, 2.24) is 25.0 Å². The van der Waals surface area contributed by atoms with Crippen LogP contribution in [0.1, 0.15) is 50.8 Å². The third-order valence-corrected chi connectivity index (χ3v) is 10.5. The van der Waals surface area contributed by atoms with E-state index in [9.17, 15) is 4.79 Å². The first-order valence-corrected chi connectivity index (χ1v) is 17.4. The highest BCUT2D eigenvalue weighted by molar-refractivity contribution is 7.99. The van der Waals surface area contributed by atoms with Gasteiger partial charge in [-0.05, 0) is 78.6 Å². The summed E-state index contributed by atoms with van der Waals surface area (Å²) in [5.41, 5.74) is 4.69. The largest absolute Gasteiger partial charge is 0.457 e. The Morgan fingerprint density at radius 3 is 2.47 bits per heavy atom. The van der Waals surface area contributed by atoms with E-state index in [-0.39, 0.29) is 5.91 Å². The summed E-state index contributed by atoms with van der Waals surface area (Å²) >= 11 is 2.08. The number of amides is 1. The number of likely N-dealkylation sites (tertiary alicyclic amines) is 1. The molecule has 0 saturated carbocycles. The number of benzene rings is 2. The van der Waals surface area contributed by atoms with Crippen LogP contribution in [0.2, 0.25) is 0 Å². The molecule has 2 atom stereocenters. The Labute approximate surface area is 270 Å². The van der Waals surface area contributed by atoms with Crippen LogP contribution in [0.25, 0.3) is 22.2 Å². The first-order valence-electron chi connectivity index (χ1n) is 16.3. The smallest absolute Gasteiger partial charge is 0.223 e. The van der Waals surface area contributed by atoms with Gasteiger partial charge in [0.05, 0.1) is 16.9 Å². The van der Waals surface area contributed by atoms with Gasteiger partial charge in [-0.2, -0.15) is 22.0 Å². The lowest BCUT2D eigenvalue weighted by atomic mass is 10.1. The first-order chi connectivity index (χ1) is 21.9. The quantitative estimate of drug-likeness (QED) is 0.218. The molecular weight excluding hydrogens is 581 g/mol. The molecule has 3 aliphatic heterocycles. The summed E-state index contributed by atoms with van der Waals surface area (Å²) in [6.45, 7) is 11.8. The normalized spacial score (nSPS) is 20.9. The molecule has 234 valence electrons. The minimum atomic E-state index is 0.200. The van der Waals surface area contributed by atoms with Crippen LogP contribution >= 0.6 is 11.8 Å². The van der Waals surface area contributed by atoms with E-state index in [1.165, 1.54) is 17.9 Å². The molecule has 0 N–H and O–H groups in total. The zero-order valence-electron chi connectivity index (χ0n) is 26.5. The van der Waals surface area contributed by atoms with Gasteiger partial charge in [-0.3, -0.25) is 9.69 Å². The molecule has 45 heavy (non-hydrogen) atoms. The van der Waals surface area contributed by atoms with Crippen LogP contribution in [0.5, 0.6) is 11.5 Å². The molecule has 3 fully saturated rings. The Bertz CT molecular complexity index is 1650. The van der Waals surface area contributed by atoms with Crippen molar-refractivity contribution in [1.29, 1.82) is 0 Å². The number of thioether (sulfide) groups is 1. The summed E-state index contributed by atoms with van der Waals surface area (Å²) in [7, 11) is 0. The van der Waals surface area contributed by atoms with Crippen LogP contribution in [0, 0.1) is 5.92 Å². The lowest BCUT2D eigenvalue weighted by molar-refractivity contribution is -0.128. The molecule has 3 saturated heterocycles. The van der Waals surface area contributed by atoms with E-state index in [4.69, 9.17) is 9.72 Å². The number of hydrogen-bond acceptors (Lipinski definition) is 8. The Morgan fingerprint density at radius 2 is 1.80 bits per heavy atom. The van der Waals surface area contributed by atoms with Crippen molar-refractivity contribution in [2.75, 3.05) is 49.1 Å². The number of rotatable bonds is 8. The number of fused-ring (bicyclic) bond motifs is 1. The Hall–Kier alpha value is -3.69. The van der Waals surface area contributed by atoms with Crippen molar-refractivity contribution in [3.63, 3.8) is 0 Å². The van der Waals surface area contributed by atoms with Gasteiger partial charge in [-0.1, -0.05) is 20.8 Å². The number of carbonyl (C=O) groups is 1. The molecule has 0 bridgehead atoms. The summed E-state index contributed by atoms with van der Waals surface area (Å²) in [6.07, 6.45) is 1.91. The molecule has 2 aromatic carbocycles. The number of hydrogen-bond donors (Lipinski definition) is 0. The maximum atomic E-state index is 12.7. The zero-order valence-corrected chi connectivity index (χ0v) is 27.3. The lowest BCUT2D eigenvalue weighted by Gasteiger charge is -2.38. The van der Waals surface area contributed by atoms with Gasteiger partial charge in [0.1, 0.15) is 17.3 Å². The number of pyridine rings is 1. The number of anilines is 1. The van der Waals surface area contributed by atoms with Gasteiger partial charge >= 0.3 is 0 Å². The maximum Gasteiger partial charge on any atom is 0.223 e. The zero-order chi connectivity index (χ0) is 30.9. The number of piperazine rings is 1. The highest BCUT2D eigenvalue weighted by Crippen LogP contribution is 2.34. The maximum absolute atomic E-state index is 12.7. The van der Waals surface area contributed by atoms with E-state index in [2.05, 4.69) is 70.7 Å². The lowest BCUT2D eigenvalue weighted by Crippen LogP contribution is -2.50. The molecule has 1 amide bonds. The highest BCUT2D eigenvalue weighted by atomic mass is 32.2. The summed E-state index contributed by atoms with van der Waals surface area (Å²) in [6, 6.07) is 21.3. The van der Waals surface area contributed by atoms with E-state index < -0.39 is 0 Å². The molecule has 3 aliphatic rings. The van der Waals surface area contributed by atoms with Gasteiger partial charge in [-0.25, -0.2) is 4.98 Å². The molecule has 0 spiro atoms. The Kier molecular flexibility index (Phi) is 8.64. The number of carbonyl (C=O) groups excluding carboxylic acids is 1. The third-order valence-electron chi connectivity index (χ3n) is 9.34. The third kappa shape index (κ3) is 6.65. The molecular formula is C36H42N6O2S. The molecule has 8 nitrogen and oxygen atoms in total. The predicted octanol–water partition coefficient (Wildman–Crippen LogP) is 6.60. The highest BCUT2D eigenvalue weighted by Gasteiger charge is 2.29. The van der Waals surface area contributed by atoms with E-state index in [1.54, 1.807) is 0 Å². The molecule has 9 heteroatoms. The summed E-state index contributed by atoms with van der Waals surface area (Å²) in [5.74, 6) is 5.94. The van der Waals surface area contributed by atoms with Crippen LogP contribution in [-0.2, 0) is 11.3 Å². The van der Waals surface area contributed by atoms with Gasteiger partial charge in [0.25, 0.3) is 0 Å². The second kappa shape index (κ2) is 13.0. The fraction of sp³-hybridized carbons (Fsp3) is 0.444. The van der Waals surface area contributed by atoms with Gasteiger partial charge in [-0.15, -0.1) is 0 Å². The Balaban J connectivity index is 1.14. The first kappa shape index (κ1) is 30.0. The molecule has 5 heterocycles. The molecule has 7 rings (SSSR count). The summed E-state index contributed by atoms with van der Waals surface area (Å²) < 4.78 is 6.55. The van der Waals surface area contributed by atoms with Crippen LogP contribution in [0.15, 0.2) is 60.7 Å². The summed E-state index contributed by atoms with van der Waals surface area (Å²) in [5, 5.41) is 9.87. The monoisotopic (exact) mass is 622 g/mol. The van der Waals surface area contributed by atoms with E-state index in [1.807, 2.05) is 47.4 Å². The second-order valence-corrected chi connectivity index (χ2v) is 14.2.